The van der Waals surface area contributed by atoms with E-state index in [1.807, 2.05) is 0 Å². The Balaban J connectivity index is 1.56. The maximum atomic E-state index is 12.0. The maximum Gasteiger partial charge on any atom is 0.224 e. The van der Waals surface area contributed by atoms with Crippen LogP contribution < -0.4 is 10.6 Å². The monoisotopic (exact) mass is 223 g/mol. The van der Waals surface area contributed by atoms with Crippen molar-refractivity contribution < 1.29 is 4.79 Å². The number of hydrogen-bond donors (Lipinski definition) is 2. The number of carbonyl (C=O) groups excluding carboxylic acids is 1. The van der Waals surface area contributed by atoms with Crippen molar-refractivity contribution in [3.63, 3.8) is 0 Å². The van der Waals surface area contributed by atoms with Crippen LogP contribution in [0, 0.1) is 5.92 Å². The van der Waals surface area contributed by atoms with Gasteiger partial charge >= 0.3 is 0 Å². The zero-order valence-corrected chi connectivity index (χ0v) is 9.74. The molecule has 4 heteroatoms. The SMILES string of the molecule is O=C(NC1CCN2CCCC12)C1CCNC1. The molecule has 0 aromatic heterocycles. The van der Waals surface area contributed by atoms with Gasteiger partial charge in [0.25, 0.3) is 0 Å². The highest BCUT2D eigenvalue weighted by atomic mass is 16.2. The molecule has 3 atom stereocenters. The van der Waals surface area contributed by atoms with E-state index in [1.165, 1.54) is 25.9 Å². The molecule has 0 aliphatic carbocycles. The summed E-state index contributed by atoms with van der Waals surface area (Å²) >= 11 is 0. The second kappa shape index (κ2) is 4.34. The third kappa shape index (κ3) is 1.84. The Morgan fingerprint density at radius 3 is 3.00 bits per heavy atom. The van der Waals surface area contributed by atoms with Crippen molar-refractivity contribution in [2.24, 2.45) is 5.92 Å². The average molecular weight is 223 g/mol. The first kappa shape index (κ1) is 10.5. The van der Waals surface area contributed by atoms with Gasteiger partial charge in [-0.2, -0.15) is 0 Å². The maximum absolute atomic E-state index is 12.0. The van der Waals surface area contributed by atoms with Gasteiger partial charge in [0, 0.05) is 25.2 Å². The molecule has 3 aliphatic heterocycles. The minimum absolute atomic E-state index is 0.218. The second-order valence-electron chi connectivity index (χ2n) is 5.34. The molecule has 3 heterocycles. The quantitative estimate of drug-likeness (QED) is 0.690. The van der Waals surface area contributed by atoms with Crippen LogP contribution in [0.4, 0.5) is 0 Å². The zero-order chi connectivity index (χ0) is 11.0. The van der Waals surface area contributed by atoms with E-state index < -0.39 is 0 Å². The Bertz CT molecular complexity index is 275. The predicted octanol–water partition coefficient (Wildman–Crippen LogP) is -0.0512. The van der Waals surface area contributed by atoms with Crippen LogP contribution in [-0.2, 0) is 4.79 Å². The Morgan fingerprint density at radius 2 is 2.19 bits per heavy atom. The van der Waals surface area contributed by atoms with Crippen LogP contribution in [0.5, 0.6) is 0 Å². The lowest BCUT2D eigenvalue weighted by Gasteiger charge is -2.22. The van der Waals surface area contributed by atoms with Crippen molar-refractivity contribution in [3.05, 3.63) is 0 Å². The van der Waals surface area contributed by atoms with Crippen molar-refractivity contribution in [1.29, 1.82) is 0 Å². The van der Waals surface area contributed by atoms with Gasteiger partial charge in [-0.15, -0.1) is 0 Å². The largest absolute Gasteiger partial charge is 0.351 e. The Labute approximate surface area is 96.8 Å². The standard InChI is InChI=1S/C12H21N3O/c16-12(9-3-5-13-8-9)14-10-4-7-15-6-1-2-11(10)15/h9-11,13H,1-8H2,(H,14,16). The molecule has 3 aliphatic rings. The van der Waals surface area contributed by atoms with E-state index in [0.29, 0.717) is 12.1 Å². The fraction of sp³-hybridized carbons (Fsp3) is 0.917. The van der Waals surface area contributed by atoms with Gasteiger partial charge in [0.1, 0.15) is 0 Å². The van der Waals surface area contributed by atoms with E-state index in [2.05, 4.69) is 15.5 Å². The number of fused-ring (bicyclic) bond motifs is 1. The van der Waals surface area contributed by atoms with Gasteiger partial charge in [-0.1, -0.05) is 0 Å². The number of nitrogens with one attached hydrogen (secondary N) is 2. The molecule has 3 saturated heterocycles. The van der Waals surface area contributed by atoms with E-state index >= 15 is 0 Å². The molecule has 4 nitrogen and oxygen atoms in total. The summed E-state index contributed by atoms with van der Waals surface area (Å²) in [6, 6.07) is 1.06. The minimum Gasteiger partial charge on any atom is -0.351 e. The second-order valence-corrected chi connectivity index (χ2v) is 5.34. The Kier molecular flexibility index (Phi) is 2.86. The molecule has 0 spiro atoms. The molecule has 0 radical (unpaired) electrons. The van der Waals surface area contributed by atoms with Crippen LogP contribution in [-0.4, -0.2) is 49.1 Å². The first-order valence-corrected chi connectivity index (χ1v) is 6.60. The average Bonchev–Trinajstić information content (AvgIpc) is 2.94. The van der Waals surface area contributed by atoms with Gasteiger partial charge in [0.15, 0.2) is 0 Å². The van der Waals surface area contributed by atoms with Gasteiger partial charge < -0.3 is 10.6 Å². The number of hydrogen-bond acceptors (Lipinski definition) is 3. The normalized spacial score (nSPS) is 38.9. The molecule has 0 bridgehead atoms. The number of carbonyl (C=O) groups is 1. The lowest BCUT2D eigenvalue weighted by atomic mass is 10.0. The van der Waals surface area contributed by atoms with Gasteiger partial charge in [-0.3, -0.25) is 9.69 Å². The summed E-state index contributed by atoms with van der Waals surface area (Å²) < 4.78 is 0. The smallest absolute Gasteiger partial charge is 0.224 e. The molecular weight excluding hydrogens is 202 g/mol. The molecule has 16 heavy (non-hydrogen) atoms. The van der Waals surface area contributed by atoms with E-state index in [9.17, 15) is 4.79 Å². The highest BCUT2D eigenvalue weighted by Gasteiger charge is 2.38. The van der Waals surface area contributed by atoms with E-state index in [4.69, 9.17) is 0 Å². The molecule has 90 valence electrons. The highest BCUT2D eigenvalue weighted by Crippen LogP contribution is 2.28. The van der Waals surface area contributed by atoms with E-state index in [-0.39, 0.29) is 11.8 Å². The van der Waals surface area contributed by atoms with Crippen LogP contribution in [0.3, 0.4) is 0 Å². The summed E-state index contributed by atoms with van der Waals surface area (Å²) in [5.41, 5.74) is 0. The summed E-state index contributed by atoms with van der Waals surface area (Å²) in [6.07, 6.45) is 4.74. The third-order valence-corrected chi connectivity index (χ3v) is 4.36. The number of nitrogens with zero attached hydrogens (tertiary/aromatic N) is 1. The predicted molar refractivity (Wildman–Crippen MR) is 62.1 cm³/mol. The summed E-state index contributed by atoms with van der Waals surface area (Å²) in [4.78, 5) is 14.6. The highest BCUT2D eigenvalue weighted by molar-refractivity contribution is 5.79. The van der Waals surface area contributed by atoms with E-state index in [1.54, 1.807) is 0 Å². The Morgan fingerprint density at radius 1 is 1.25 bits per heavy atom. The van der Waals surface area contributed by atoms with Crippen molar-refractivity contribution in [2.45, 2.75) is 37.8 Å². The first-order valence-electron chi connectivity index (χ1n) is 6.60. The summed E-state index contributed by atoms with van der Waals surface area (Å²) in [7, 11) is 0. The van der Waals surface area contributed by atoms with Gasteiger partial charge in [-0.25, -0.2) is 0 Å². The molecule has 0 aromatic rings. The summed E-state index contributed by atoms with van der Waals surface area (Å²) in [5.74, 6) is 0.499. The first-order chi connectivity index (χ1) is 7.84. The number of amides is 1. The van der Waals surface area contributed by atoms with Crippen LogP contribution in [0.25, 0.3) is 0 Å². The molecule has 1 amide bonds. The zero-order valence-electron chi connectivity index (χ0n) is 9.74. The lowest BCUT2D eigenvalue weighted by Crippen LogP contribution is -2.45. The van der Waals surface area contributed by atoms with Gasteiger partial charge in [-0.05, 0) is 38.8 Å². The minimum atomic E-state index is 0.218. The van der Waals surface area contributed by atoms with Crippen molar-refractivity contribution in [2.75, 3.05) is 26.2 Å². The van der Waals surface area contributed by atoms with Crippen LogP contribution in [0.15, 0.2) is 0 Å². The molecular formula is C12H21N3O. The van der Waals surface area contributed by atoms with Crippen LogP contribution >= 0.6 is 0 Å². The van der Waals surface area contributed by atoms with Crippen LogP contribution in [0.2, 0.25) is 0 Å². The van der Waals surface area contributed by atoms with E-state index in [0.717, 1.165) is 25.9 Å². The lowest BCUT2D eigenvalue weighted by molar-refractivity contribution is -0.125. The van der Waals surface area contributed by atoms with Crippen LogP contribution in [0.1, 0.15) is 25.7 Å². The molecule has 2 N–H and O–H groups in total. The van der Waals surface area contributed by atoms with Crippen molar-refractivity contribution in [3.8, 4) is 0 Å². The molecule has 0 saturated carbocycles. The van der Waals surface area contributed by atoms with Crippen molar-refractivity contribution >= 4 is 5.91 Å². The summed E-state index contributed by atoms with van der Waals surface area (Å²) in [6.45, 7) is 4.28. The molecule has 0 aromatic carbocycles. The van der Waals surface area contributed by atoms with Gasteiger partial charge in [0.2, 0.25) is 5.91 Å². The fourth-order valence-corrected chi connectivity index (χ4v) is 3.43. The fourth-order valence-electron chi connectivity index (χ4n) is 3.43. The Hall–Kier alpha value is -0.610. The third-order valence-electron chi connectivity index (χ3n) is 4.36. The topological polar surface area (TPSA) is 44.4 Å². The summed E-state index contributed by atoms with van der Waals surface area (Å²) in [5, 5.41) is 6.52. The van der Waals surface area contributed by atoms with Crippen molar-refractivity contribution in [1.82, 2.24) is 15.5 Å². The van der Waals surface area contributed by atoms with Gasteiger partial charge in [0.05, 0.1) is 5.92 Å². The number of rotatable bonds is 2. The molecule has 3 fully saturated rings. The molecule has 3 rings (SSSR count). The molecule has 3 unspecified atom stereocenters.